The lowest BCUT2D eigenvalue weighted by atomic mass is 10.1. The van der Waals surface area contributed by atoms with Gasteiger partial charge < -0.3 is 4.90 Å². The topological polar surface area (TPSA) is 20.3 Å². The Balaban J connectivity index is 1.77. The molecule has 1 aromatic rings. The molecule has 1 amide bonds. The minimum atomic E-state index is 0.203. The van der Waals surface area contributed by atoms with Crippen LogP contribution < -0.4 is 0 Å². The Kier molecular flexibility index (Phi) is 3.16. The van der Waals surface area contributed by atoms with E-state index in [9.17, 15) is 4.79 Å². The second-order valence-corrected chi connectivity index (χ2v) is 6.26. The van der Waals surface area contributed by atoms with Crippen LogP contribution in [0.15, 0.2) is 46.2 Å². The summed E-state index contributed by atoms with van der Waals surface area (Å²) in [5.74, 6) is 0.203. The van der Waals surface area contributed by atoms with Crippen molar-refractivity contribution >= 4 is 17.7 Å². The van der Waals surface area contributed by atoms with Gasteiger partial charge in [0.15, 0.2) is 0 Å². The first-order valence-corrected chi connectivity index (χ1v) is 7.31. The van der Waals surface area contributed by atoms with E-state index in [2.05, 4.69) is 24.0 Å². The number of thioether (sulfide) groups is 1. The first kappa shape index (κ1) is 11.8. The third-order valence-corrected chi connectivity index (χ3v) is 4.81. The van der Waals surface area contributed by atoms with Crippen molar-refractivity contribution in [2.45, 2.75) is 43.2 Å². The summed E-state index contributed by atoms with van der Waals surface area (Å²) < 4.78 is 0. The van der Waals surface area contributed by atoms with Crippen LogP contribution in [0.2, 0.25) is 0 Å². The van der Waals surface area contributed by atoms with E-state index in [0.717, 1.165) is 19.3 Å². The summed E-state index contributed by atoms with van der Waals surface area (Å²) in [4.78, 5) is 16.6. The van der Waals surface area contributed by atoms with E-state index in [-0.39, 0.29) is 5.91 Å². The summed E-state index contributed by atoms with van der Waals surface area (Å²) in [7, 11) is 0. The summed E-state index contributed by atoms with van der Waals surface area (Å²) in [6.07, 6.45) is 5.15. The van der Waals surface area contributed by atoms with E-state index in [0.29, 0.717) is 12.1 Å². The summed E-state index contributed by atoms with van der Waals surface area (Å²) in [6.45, 7) is 2.15. The highest BCUT2D eigenvalue weighted by Gasteiger charge is 2.36. The lowest BCUT2D eigenvalue weighted by Crippen LogP contribution is -2.41. The molecule has 2 atom stereocenters. The molecule has 18 heavy (non-hydrogen) atoms. The molecule has 0 saturated carbocycles. The Morgan fingerprint density at radius 2 is 2.00 bits per heavy atom. The zero-order valence-corrected chi connectivity index (χ0v) is 11.3. The number of carbonyl (C=O) groups excluding carboxylic acids is 1. The molecule has 0 aromatic heterocycles. The molecule has 1 saturated heterocycles. The van der Waals surface area contributed by atoms with E-state index in [1.54, 1.807) is 11.8 Å². The highest BCUT2D eigenvalue weighted by molar-refractivity contribution is 8.03. The van der Waals surface area contributed by atoms with Gasteiger partial charge in [0.2, 0.25) is 5.91 Å². The smallest absolute Gasteiger partial charge is 0.247 e. The molecule has 2 heterocycles. The number of fused-ring (bicyclic) bond motifs is 1. The summed E-state index contributed by atoms with van der Waals surface area (Å²) >= 11 is 1.73. The molecule has 2 aliphatic rings. The van der Waals surface area contributed by atoms with Gasteiger partial charge in [-0.05, 0) is 43.2 Å². The van der Waals surface area contributed by atoms with Gasteiger partial charge in [-0.3, -0.25) is 4.79 Å². The maximum Gasteiger partial charge on any atom is 0.247 e. The molecular weight excluding hydrogens is 242 g/mol. The number of rotatable bonds is 2. The van der Waals surface area contributed by atoms with Crippen LogP contribution in [-0.2, 0) is 4.79 Å². The average molecular weight is 259 g/mol. The SMILES string of the molecule is C[C@H]1CC[C@@H]2CC(Sc3ccccc3)=CC(=O)N21. The van der Waals surface area contributed by atoms with Crippen molar-refractivity contribution in [1.82, 2.24) is 4.90 Å². The van der Waals surface area contributed by atoms with Crippen molar-refractivity contribution in [2.75, 3.05) is 0 Å². The second kappa shape index (κ2) is 4.81. The molecule has 3 heteroatoms. The van der Waals surface area contributed by atoms with Crippen LogP contribution in [0.25, 0.3) is 0 Å². The number of amides is 1. The van der Waals surface area contributed by atoms with Crippen LogP contribution in [0.5, 0.6) is 0 Å². The second-order valence-electron chi connectivity index (χ2n) is 5.06. The number of benzene rings is 1. The Morgan fingerprint density at radius 1 is 1.22 bits per heavy atom. The fourth-order valence-corrected chi connectivity index (χ4v) is 3.92. The molecule has 0 spiro atoms. The van der Waals surface area contributed by atoms with Crippen LogP contribution in [0.1, 0.15) is 26.2 Å². The van der Waals surface area contributed by atoms with E-state index >= 15 is 0 Å². The van der Waals surface area contributed by atoms with Crippen molar-refractivity contribution in [2.24, 2.45) is 0 Å². The maximum atomic E-state index is 12.1. The Hall–Kier alpha value is -1.22. The van der Waals surface area contributed by atoms with Gasteiger partial charge in [-0.15, -0.1) is 0 Å². The van der Waals surface area contributed by atoms with E-state index in [4.69, 9.17) is 0 Å². The minimum absolute atomic E-state index is 0.203. The van der Waals surface area contributed by atoms with Crippen LogP contribution in [0.4, 0.5) is 0 Å². The number of nitrogens with zero attached hydrogens (tertiary/aromatic N) is 1. The average Bonchev–Trinajstić information content (AvgIpc) is 2.72. The molecule has 94 valence electrons. The molecule has 3 rings (SSSR count). The Labute approximate surface area is 112 Å². The molecule has 0 bridgehead atoms. The molecule has 1 fully saturated rings. The van der Waals surface area contributed by atoms with Gasteiger partial charge in [-0.25, -0.2) is 0 Å². The third-order valence-electron chi connectivity index (χ3n) is 3.75. The molecule has 0 aliphatic carbocycles. The van der Waals surface area contributed by atoms with Crippen molar-refractivity contribution < 1.29 is 4.79 Å². The first-order chi connectivity index (χ1) is 8.74. The van der Waals surface area contributed by atoms with Gasteiger partial charge in [0.05, 0.1) is 0 Å². The fourth-order valence-electron chi connectivity index (χ4n) is 2.88. The van der Waals surface area contributed by atoms with Crippen molar-refractivity contribution in [3.8, 4) is 0 Å². The number of carbonyl (C=O) groups is 1. The highest BCUT2D eigenvalue weighted by atomic mass is 32.2. The Bertz CT molecular complexity index is 483. The van der Waals surface area contributed by atoms with Gasteiger partial charge in [0.1, 0.15) is 0 Å². The normalized spacial score (nSPS) is 27.1. The fraction of sp³-hybridized carbons (Fsp3) is 0.400. The zero-order chi connectivity index (χ0) is 12.5. The predicted octanol–water partition coefficient (Wildman–Crippen LogP) is 3.45. The quantitative estimate of drug-likeness (QED) is 0.811. The van der Waals surface area contributed by atoms with Crippen molar-refractivity contribution in [3.05, 3.63) is 41.3 Å². The van der Waals surface area contributed by atoms with Gasteiger partial charge in [-0.1, -0.05) is 30.0 Å². The molecule has 1 aromatic carbocycles. The van der Waals surface area contributed by atoms with Crippen molar-refractivity contribution in [1.29, 1.82) is 0 Å². The minimum Gasteiger partial charge on any atom is -0.333 e. The zero-order valence-electron chi connectivity index (χ0n) is 10.5. The Morgan fingerprint density at radius 3 is 2.78 bits per heavy atom. The summed E-state index contributed by atoms with van der Waals surface area (Å²) in [5, 5.41) is 0. The lowest BCUT2D eigenvalue weighted by molar-refractivity contribution is -0.129. The van der Waals surface area contributed by atoms with E-state index in [1.165, 1.54) is 9.80 Å². The van der Waals surface area contributed by atoms with Gasteiger partial charge in [-0.2, -0.15) is 0 Å². The molecule has 2 aliphatic heterocycles. The van der Waals surface area contributed by atoms with Crippen LogP contribution in [0, 0.1) is 0 Å². The van der Waals surface area contributed by atoms with Crippen molar-refractivity contribution in [3.63, 3.8) is 0 Å². The summed E-state index contributed by atoms with van der Waals surface area (Å²) in [5.41, 5.74) is 0. The van der Waals surface area contributed by atoms with Gasteiger partial charge in [0.25, 0.3) is 0 Å². The van der Waals surface area contributed by atoms with Crippen LogP contribution in [0.3, 0.4) is 0 Å². The van der Waals surface area contributed by atoms with Crippen LogP contribution in [-0.4, -0.2) is 22.9 Å². The van der Waals surface area contributed by atoms with E-state index < -0.39 is 0 Å². The van der Waals surface area contributed by atoms with E-state index in [1.807, 2.05) is 24.3 Å². The van der Waals surface area contributed by atoms with Crippen LogP contribution >= 0.6 is 11.8 Å². The summed E-state index contributed by atoms with van der Waals surface area (Å²) in [6, 6.07) is 11.1. The first-order valence-electron chi connectivity index (χ1n) is 6.50. The monoisotopic (exact) mass is 259 g/mol. The number of hydrogen-bond donors (Lipinski definition) is 0. The lowest BCUT2D eigenvalue weighted by Gasteiger charge is -2.32. The largest absolute Gasteiger partial charge is 0.333 e. The molecule has 0 radical (unpaired) electrons. The van der Waals surface area contributed by atoms with Gasteiger partial charge in [0, 0.05) is 23.1 Å². The molecular formula is C15H17NOS. The molecule has 0 N–H and O–H groups in total. The number of hydrogen-bond acceptors (Lipinski definition) is 2. The third kappa shape index (κ3) is 2.19. The highest BCUT2D eigenvalue weighted by Crippen LogP contribution is 2.38. The molecule has 0 unspecified atom stereocenters. The predicted molar refractivity (Wildman–Crippen MR) is 74.3 cm³/mol. The van der Waals surface area contributed by atoms with Gasteiger partial charge >= 0.3 is 0 Å². The molecule has 2 nitrogen and oxygen atoms in total. The maximum absolute atomic E-state index is 12.1. The standard InChI is InChI=1S/C15H17NOS/c1-11-7-8-12-9-14(10-15(17)16(11)12)18-13-5-3-2-4-6-13/h2-6,10-12H,7-9H2,1H3/t11-,12+/m0/s1.